The van der Waals surface area contributed by atoms with Crippen molar-refractivity contribution in [2.75, 3.05) is 33.8 Å². The van der Waals surface area contributed by atoms with Crippen molar-refractivity contribution < 1.29 is 4.74 Å². The molecule has 1 saturated heterocycles. The van der Waals surface area contributed by atoms with E-state index in [1.165, 1.54) is 25.1 Å². The second kappa shape index (κ2) is 5.72. The number of ether oxygens (including phenoxy) is 1. The quantitative estimate of drug-likeness (QED) is 0.864. The van der Waals surface area contributed by atoms with Crippen molar-refractivity contribution in [1.29, 1.82) is 0 Å². The summed E-state index contributed by atoms with van der Waals surface area (Å²) in [5, 5.41) is 3.31. The highest BCUT2D eigenvalue weighted by Gasteiger charge is 2.32. The van der Waals surface area contributed by atoms with Crippen LogP contribution in [0, 0.1) is 5.41 Å². The summed E-state index contributed by atoms with van der Waals surface area (Å²) in [5.74, 6) is 0.931. The van der Waals surface area contributed by atoms with Crippen molar-refractivity contribution >= 4 is 0 Å². The Kier molecular flexibility index (Phi) is 4.25. The fourth-order valence-electron chi connectivity index (χ4n) is 2.82. The molecule has 0 spiro atoms. The normalized spacial score (nSPS) is 24.4. The number of likely N-dealkylation sites (tertiary alicyclic amines) is 1. The third kappa shape index (κ3) is 3.24. The molecule has 1 fully saturated rings. The molecule has 1 aliphatic heterocycles. The lowest BCUT2D eigenvalue weighted by Crippen LogP contribution is -2.32. The molecule has 0 aromatic heterocycles. The van der Waals surface area contributed by atoms with E-state index in [9.17, 15) is 0 Å². The summed E-state index contributed by atoms with van der Waals surface area (Å²) in [6.07, 6.45) is 1.28. The first-order chi connectivity index (χ1) is 8.65. The Bertz CT molecular complexity index is 377. The van der Waals surface area contributed by atoms with E-state index in [2.05, 4.69) is 29.3 Å². The van der Waals surface area contributed by atoms with Gasteiger partial charge in [0.15, 0.2) is 0 Å². The number of nitrogens with one attached hydrogen (secondary N) is 1. The highest BCUT2D eigenvalue weighted by Crippen LogP contribution is 2.30. The smallest absolute Gasteiger partial charge is 0.118 e. The zero-order valence-corrected chi connectivity index (χ0v) is 11.7. The van der Waals surface area contributed by atoms with Crippen LogP contribution in [-0.4, -0.2) is 38.7 Å². The van der Waals surface area contributed by atoms with Crippen molar-refractivity contribution in [3.8, 4) is 5.75 Å². The van der Waals surface area contributed by atoms with Crippen LogP contribution in [0.2, 0.25) is 0 Å². The first kappa shape index (κ1) is 13.4. The van der Waals surface area contributed by atoms with Crippen LogP contribution in [-0.2, 0) is 6.54 Å². The van der Waals surface area contributed by atoms with Gasteiger partial charge in [0.05, 0.1) is 7.11 Å². The molecule has 3 nitrogen and oxygen atoms in total. The second-order valence-electron chi connectivity index (χ2n) is 5.65. The maximum atomic E-state index is 5.18. The first-order valence-electron chi connectivity index (χ1n) is 6.65. The van der Waals surface area contributed by atoms with Gasteiger partial charge in [0, 0.05) is 19.6 Å². The van der Waals surface area contributed by atoms with Gasteiger partial charge < -0.3 is 10.1 Å². The van der Waals surface area contributed by atoms with E-state index in [1.807, 2.05) is 19.2 Å². The molecule has 18 heavy (non-hydrogen) atoms. The van der Waals surface area contributed by atoms with Gasteiger partial charge in [-0.3, -0.25) is 4.90 Å². The lowest BCUT2D eigenvalue weighted by atomic mass is 9.90. The Morgan fingerprint density at radius 3 is 2.67 bits per heavy atom. The Morgan fingerprint density at radius 2 is 2.06 bits per heavy atom. The molecule has 0 amide bonds. The van der Waals surface area contributed by atoms with Gasteiger partial charge >= 0.3 is 0 Å². The second-order valence-corrected chi connectivity index (χ2v) is 5.65. The van der Waals surface area contributed by atoms with Gasteiger partial charge in [-0.05, 0) is 43.1 Å². The summed E-state index contributed by atoms with van der Waals surface area (Å²) in [6, 6.07) is 8.40. The highest BCUT2D eigenvalue weighted by molar-refractivity contribution is 5.27. The number of nitrogens with zero attached hydrogens (tertiary/aromatic N) is 1. The van der Waals surface area contributed by atoms with Gasteiger partial charge in [-0.1, -0.05) is 19.1 Å². The minimum atomic E-state index is 0.432. The Morgan fingerprint density at radius 1 is 1.33 bits per heavy atom. The van der Waals surface area contributed by atoms with Crippen LogP contribution in [0.1, 0.15) is 18.9 Å². The number of benzene rings is 1. The molecule has 1 unspecified atom stereocenters. The van der Waals surface area contributed by atoms with Crippen LogP contribution in [0.4, 0.5) is 0 Å². The first-order valence-corrected chi connectivity index (χ1v) is 6.65. The molecule has 1 heterocycles. The molecule has 0 aliphatic carbocycles. The van der Waals surface area contributed by atoms with Crippen molar-refractivity contribution in [1.82, 2.24) is 10.2 Å². The molecular formula is C15H24N2O. The maximum Gasteiger partial charge on any atom is 0.118 e. The fraction of sp³-hybridized carbons (Fsp3) is 0.600. The minimum Gasteiger partial charge on any atom is -0.497 e. The molecule has 1 aromatic carbocycles. The van der Waals surface area contributed by atoms with Gasteiger partial charge in [0.25, 0.3) is 0 Å². The van der Waals surface area contributed by atoms with Gasteiger partial charge in [0.1, 0.15) is 5.75 Å². The molecule has 1 aliphatic rings. The highest BCUT2D eigenvalue weighted by atomic mass is 16.5. The summed E-state index contributed by atoms with van der Waals surface area (Å²) >= 11 is 0. The Balaban J connectivity index is 1.90. The van der Waals surface area contributed by atoms with E-state index < -0.39 is 0 Å². The summed E-state index contributed by atoms with van der Waals surface area (Å²) < 4.78 is 5.18. The summed E-state index contributed by atoms with van der Waals surface area (Å²) in [7, 11) is 3.75. The van der Waals surface area contributed by atoms with Crippen molar-refractivity contribution in [2.24, 2.45) is 5.41 Å². The Labute approximate surface area is 110 Å². The van der Waals surface area contributed by atoms with Crippen LogP contribution in [0.3, 0.4) is 0 Å². The summed E-state index contributed by atoms with van der Waals surface area (Å²) in [5.41, 5.74) is 1.80. The molecule has 0 radical (unpaired) electrons. The fourth-order valence-corrected chi connectivity index (χ4v) is 2.82. The SMILES string of the molecule is CNCC1(C)CCN(Cc2ccc(OC)cc2)C1. The summed E-state index contributed by atoms with van der Waals surface area (Å²) in [6.45, 7) is 6.90. The van der Waals surface area contributed by atoms with E-state index >= 15 is 0 Å². The predicted octanol–water partition coefficient (Wildman–Crippen LogP) is 2.13. The van der Waals surface area contributed by atoms with E-state index in [-0.39, 0.29) is 0 Å². The van der Waals surface area contributed by atoms with E-state index in [1.54, 1.807) is 7.11 Å². The number of methoxy groups -OCH3 is 1. The number of hydrogen-bond acceptors (Lipinski definition) is 3. The minimum absolute atomic E-state index is 0.432. The van der Waals surface area contributed by atoms with E-state index in [0.29, 0.717) is 5.41 Å². The monoisotopic (exact) mass is 248 g/mol. The zero-order valence-electron chi connectivity index (χ0n) is 11.7. The van der Waals surface area contributed by atoms with Crippen molar-refractivity contribution in [3.63, 3.8) is 0 Å². The van der Waals surface area contributed by atoms with Crippen molar-refractivity contribution in [3.05, 3.63) is 29.8 Å². The molecule has 1 aromatic rings. The standard InChI is InChI=1S/C15H24N2O/c1-15(11-16-2)8-9-17(12-15)10-13-4-6-14(18-3)7-5-13/h4-7,16H,8-12H2,1-3H3. The predicted molar refractivity (Wildman–Crippen MR) is 74.9 cm³/mol. The molecule has 3 heteroatoms. The summed E-state index contributed by atoms with van der Waals surface area (Å²) in [4.78, 5) is 2.54. The molecule has 100 valence electrons. The molecule has 1 atom stereocenters. The van der Waals surface area contributed by atoms with Gasteiger partial charge in [0.2, 0.25) is 0 Å². The van der Waals surface area contributed by atoms with Crippen LogP contribution < -0.4 is 10.1 Å². The topological polar surface area (TPSA) is 24.5 Å². The van der Waals surface area contributed by atoms with Crippen LogP contribution in [0.5, 0.6) is 5.75 Å². The lowest BCUT2D eigenvalue weighted by molar-refractivity contribution is 0.265. The van der Waals surface area contributed by atoms with Crippen molar-refractivity contribution in [2.45, 2.75) is 19.9 Å². The zero-order chi connectivity index (χ0) is 13.0. The van der Waals surface area contributed by atoms with E-state index in [4.69, 9.17) is 4.74 Å². The van der Waals surface area contributed by atoms with Gasteiger partial charge in [-0.25, -0.2) is 0 Å². The van der Waals surface area contributed by atoms with Gasteiger partial charge in [-0.2, -0.15) is 0 Å². The average Bonchev–Trinajstić information content (AvgIpc) is 2.72. The van der Waals surface area contributed by atoms with Gasteiger partial charge in [-0.15, -0.1) is 0 Å². The molecule has 2 rings (SSSR count). The third-order valence-corrected chi connectivity index (χ3v) is 3.81. The van der Waals surface area contributed by atoms with Crippen LogP contribution in [0.25, 0.3) is 0 Å². The molecular weight excluding hydrogens is 224 g/mol. The number of rotatable bonds is 5. The van der Waals surface area contributed by atoms with E-state index in [0.717, 1.165) is 18.8 Å². The van der Waals surface area contributed by atoms with Crippen LogP contribution >= 0.6 is 0 Å². The molecule has 1 N–H and O–H groups in total. The molecule has 0 saturated carbocycles. The maximum absolute atomic E-state index is 5.18. The third-order valence-electron chi connectivity index (χ3n) is 3.81. The Hall–Kier alpha value is -1.06. The van der Waals surface area contributed by atoms with Crippen LogP contribution in [0.15, 0.2) is 24.3 Å². The largest absolute Gasteiger partial charge is 0.497 e. The molecule has 0 bridgehead atoms. The lowest BCUT2D eigenvalue weighted by Gasteiger charge is -2.24. The number of hydrogen-bond donors (Lipinski definition) is 1. The average molecular weight is 248 g/mol.